The van der Waals surface area contributed by atoms with Crippen molar-refractivity contribution >= 4 is 112 Å². The average molecular weight is 1330 g/mol. The van der Waals surface area contributed by atoms with Crippen LogP contribution in [0.5, 0.6) is 34.9 Å². The molecule has 1 atom stereocenters. The number of benzene rings is 3. The van der Waals surface area contributed by atoms with E-state index in [9.17, 15) is 9.59 Å². The second-order valence-corrected chi connectivity index (χ2v) is 18.7. The number of nitrogens with zero attached hydrogens (tertiary/aromatic N) is 6. The summed E-state index contributed by atoms with van der Waals surface area (Å²) in [6.07, 6.45) is 0. The van der Waals surface area contributed by atoms with Gasteiger partial charge in [0.05, 0.1) is 61.4 Å². The van der Waals surface area contributed by atoms with Crippen molar-refractivity contribution in [2.24, 2.45) is 26.8 Å². The normalized spacial score (nSPS) is 12.6. The van der Waals surface area contributed by atoms with Crippen LogP contribution in [0.4, 0.5) is 0 Å². The molecule has 398 valence electrons. The molecule has 7 rings (SSSR count). The number of ketones is 2. The van der Waals surface area contributed by atoms with Gasteiger partial charge in [-0.2, -0.15) is 0 Å². The van der Waals surface area contributed by atoms with Gasteiger partial charge in [0, 0.05) is 11.1 Å². The Bertz CT molecular complexity index is 2930. The van der Waals surface area contributed by atoms with Crippen LogP contribution in [-0.4, -0.2) is 117 Å². The van der Waals surface area contributed by atoms with Gasteiger partial charge in [0.1, 0.15) is 47.0 Å². The number of carbonyl (C=O) groups is 2. The van der Waals surface area contributed by atoms with Gasteiger partial charge < -0.3 is 49.9 Å². The number of hydrogen-bond acceptors (Lipinski definition) is 19. The monoisotopic (exact) mass is 1320 g/mol. The van der Waals surface area contributed by atoms with Gasteiger partial charge in [-0.1, -0.05) is 74.4 Å². The van der Waals surface area contributed by atoms with Gasteiger partial charge in [0.15, 0.2) is 29.9 Å². The Morgan fingerprint density at radius 2 is 1.16 bits per heavy atom. The molecule has 6 aromatic rings. The number of aliphatic imine (C=N–C) groups is 1. The first-order chi connectivity index (χ1) is 36.1. The van der Waals surface area contributed by atoms with E-state index in [0.29, 0.717) is 84.1 Å². The van der Waals surface area contributed by atoms with Gasteiger partial charge in [-0.3, -0.25) is 19.4 Å². The van der Waals surface area contributed by atoms with Crippen molar-refractivity contribution < 1.29 is 52.9 Å². The number of aromatic nitrogens is 3. The lowest BCUT2D eigenvalue weighted by atomic mass is 10.1. The van der Waals surface area contributed by atoms with Crippen molar-refractivity contribution in [1.82, 2.24) is 20.4 Å². The smallest absolute Gasteiger partial charge is 0.228 e. The molecular formula is C49H52Br4N9O11PS. The van der Waals surface area contributed by atoms with E-state index in [1.54, 1.807) is 88.1 Å². The molecule has 1 aliphatic rings. The van der Waals surface area contributed by atoms with Gasteiger partial charge in [0.25, 0.3) is 0 Å². The Labute approximate surface area is 473 Å². The molecule has 0 amide bonds. The Hall–Kier alpha value is -6.34. The summed E-state index contributed by atoms with van der Waals surface area (Å²) >= 11 is 17.4. The fourth-order valence-corrected chi connectivity index (χ4v) is 7.15. The first kappa shape index (κ1) is 63.0. The van der Waals surface area contributed by atoms with E-state index in [1.165, 1.54) is 21.3 Å². The SMILES string of the molecule is COc1cccc(C(=O)CBr)c1.COc1cccc(C(=O)CO/N=C(\N)c2ccc(Br)c(OC)n2)c1.COc1cccc(C2CONC(c3ccc(Br)c(OC)n3)=N2)c1.COc1nc(/C(N)=N/O)ccc1Br.CP=S. The molecular weight excluding hydrogens is 1270 g/mol. The van der Waals surface area contributed by atoms with Crippen molar-refractivity contribution in [3.63, 3.8) is 0 Å². The fraction of sp³-hybridized carbons (Fsp3) is 0.224. The Kier molecular flexibility index (Phi) is 28.8. The quantitative estimate of drug-likeness (QED) is 0.0134. The Morgan fingerprint density at radius 1 is 0.693 bits per heavy atom. The van der Waals surface area contributed by atoms with Crippen LogP contribution >= 0.6 is 71.1 Å². The third-order valence-electron chi connectivity index (χ3n) is 9.33. The second-order valence-electron chi connectivity index (χ2n) is 14.1. The predicted molar refractivity (Wildman–Crippen MR) is 305 cm³/mol. The molecule has 20 nitrogen and oxygen atoms in total. The van der Waals surface area contributed by atoms with E-state index < -0.39 is 0 Å². The van der Waals surface area contributed by atoms with Crippen molar-refractivity contribution in [1.29, 1.82) is 0 Å². The van der Waals surface area contributed by atoms with Gasteiger partial charge >= 0.3 is 0 Å². The molecule has 26 heteroatoms. The van der Waals surface area contributed by atoms with Crippen LogP contribution in [0.3, 0.4) is 0 Å². The zero-order valence-corrected chi connectivity index (χ0v) is 49.4. The number of nitrogens with one attached hydrogen (secondary N) is 1. The topological polar surface area (TPSA) is 268 Å². The number of Topliss-reactive ketones (excluding diaryl/α,β-unsaturated/α-hetero) is 2. The number of alkyl halides is 1. The average Bonchev–Trinajstić information content (AvgIpc) is 3.45. The largest absolute Gasteiger partial charge is 0.497 e. The zero-order valence-electron chi connectivity index (χ0n) is 41.3. The number of amidine groups is 3. The summed E-state index contributed by atoms with van der Waals surface area (Å²) in [6, 6.07) is 31.9. The molecule has 0 radical (unpaired) electrons. The maximum atomic E-state index is 12.0. The number of oxime groups is 2. The lowest BCUT2D eigenvalue weighted by Gasteiger charge is -2.22. The van der Waals surface area contributed by atoms with E-state index in [2.05, 4.69) is 106 Å². The number of carbonyl (C=O) groups excluding carboxylic acids is 2. The van der Waals surface area contributed by atoms with Crippen LogP contribution in [0, 0.1) is 0 Å². The van der Waals surface area contributed by atoms with Crippen molar-refractivity contribution in [2.75, 3.05) is 67.9 Å². The minimum absolute atomic E-state index is 0.0410. The highest BCUT2D eigenvalue weighted by Crippen LogP contribution is 2.27. The molecule has 1 aliphatic heterocycles. The third-order valence-corrected chi connectivity index (χ3v) is 11.7. The molecule has 6 N–H and O–H groups in total. The molecule has 0 fully saturated rings. The summed E-state index contributed by atoms with van der Waals surface area (Å²) < 4.78 is 32.7. The highest BCUT2D eigenvalue weighted by molar-refractivity contribution is 9.11. The maximum Gasteiger partial charge on any atom is 0.228 e. The predicted octanol–water partition coefficient (Wildman–Crippen LogP) is 9.51. The summed E-state index contributed by atoms with van der Waals surface area (Å²) in [5, 5.41) is 15.3. The number of methoxy groups -OCH3 is 6. The number of pyridine rings is 3. The number of halogens is 4. The van der Waals surface area contributed by atoms with Gasteiger partial charge in [-0.25, -0.2) is 20.4 Å². The molecule has 0 bridgehead atoms. The minimum Gasteiger partial charge on any atom is -0.497 e. The van der Waals surface area contributed by atoms with Crippen LogP contribution in [0.15, 0.2) is 138 Å². The van der Waals surface area contributed by atoms with Crippen molar-refractivity contribution in [2.45, 2.75) is 6.04 Å². The first-order valence-electron chi connectivity index (χ1n) is 21.4. The van der Waals surface area contributed by atoms with Crippen LogP contribution < -0.4 is 45.4 Å². The second kappa shape index (κ2) is 34.3. The van der Waals surface area contributed by atoms with E-state index in [4.69, 9.17) is 59.8 Å². The van der Waals surface area contributed by atoms with Gasteiger partial charge in [-0.15, -0.1) is 0 Å². The molecule has 75 heavy (non-hydrogen) atoms. The Morgan fingerprint density at radius 3 is 1.65 bits per heavy atom. The number of hydroxylamine groups is 1. The molecule has 0 aliphatic carbocycles. The number of nitrogens with two attached hydrogens (primary N) is 2. The molecule has 4 heterocycles. The van der Waals surface area contributed by atoms with Gasteiger partial charge in [0.2, 0.25) is 23.4 Å². The first-order valence-corrected chi connectivity index (χ1v) is 27.3. The van der Waals surface area contributed by atoms with Crippen molar-refractivity contribution in [3.05, 3.63) is 156 Å². The summed E-state index contributed by atoms with van der Waals surface area (Å²) in [4.78, 5) is 51.0. The molecule has 1 unspecified atom stereocenters. The van der Waals surface area contributed by atoms with Crippen LogP contribution in [0.1, 0.15) is 49.4 Å². The van der Waals surface area contributed by atoms with Gasteiger partial charge in [-0.05, 0) is 140 Å². The van der Waals surface area contributed by atoms with E-state index in [-0.39, 0.29) is 35.9 Å². The number of ether oxygens (including phenoxy) is 6. The molecule has 0 spiro atoms. The number of hydrogen-bond donors (Lipinski definition) is 4. The van der Waals surface area contributed by atoms with Crippen LogP contribution in [0.25, 0.3) is 0 Å². The fourth-order valence-electron chi connectivity index (χ4n) is 5.68. The molecule has 0 saturated carbocycles. The molecule has 3 aromatic heterocycles. The van der Waals surface area contributed by atoms with E-state index in [0.717, 1.165) is 23.1 Å². The number of rotatable bonds is 16. The maximum absolute atomic E-state index is 12.0. The lowest BCUT2D eigenvalue weighted by molar-refractivity contribution is 0.0620. The van der Waals surface area contributed by atoms with E-state index >= 15 is 0 Å². The summed E-state index contributed by atoms with van der Waals surface area (Å²) in [5.41, 5.74) is 17.5. The van der Waals surface area contributed by atoms with E-state index in [1.807, 2.05) is 49.1 Å². The summed E-state index contributed by atoms with van der Waals surface area (Å²) in [5.74, 6) is 3.73. The highest BCUT2D eigenvalue weighted by atomic mass is 79.9. The summed E-state index contributed by atoms with van der Waals surface area (Å²) in [6.45, 7) is 2.10. The van der Waals surface area contributed by atoms with Crippen LogP contribution in [-0.2, 0) is 21.5 Å². The zero-order chi connectivity index (χ0) is 55.3. The summed E-state index contributed by atoms with van der Waals surface area (Å²) in [7, 11) is 10.3. The lowest BCUT2D eigenvalue weighted by Crippen LogP contribution is -2.33. The minimum atomic E-state index is -0.248. The van der Waals surface area contributed by atoms with Crippen LogP contribution in [0.2, 0.25) is 0 Å². The standard InChI is InChI=1S/C16H16BrN3O4.C16H16BrN3O3.C9H9BrO2.C7H8BrN3O2.CH3PS/c1-22-11-5-3-4-10(8-11)14(21)9-24-20-15(18)13-7-6-12(17)16(19-13)23-2;1-21-11-5-3-4-10(8-11)14-9-23-20-15(18-14)13-7-6-12(17)16(19-13)22-2;1-12-8-4-2-3-7(5-8)9(11)6-10;1-13-7-4(8)2-3-5(10-7)6(9)11-12;1-2-3/h3-8H,9H2,1-2H3,(H2,18,20);3-8,14H,9H2,1-2H3,(H,18,20);2-5H,6H2,1H3;2-3,12H,1H3,(H2,9,11);1H3. The molecule has 0 saturated heterocycles. The molecule has 3 aromatic carbocycles. The highest BCUT2D eigenvalue weighted by Gasteiger charge is 2.21. The Balaban J connectivity index is 0.000000269. The van der Waals surface area contributed by atoms with Crippen molar-refractivity contribution in [3.8, 4) is 34.9 Å². The third kappa shape index (κ3) is 20.7.